The monoisotopic (exact) mass is 237 g/mol. The van der Waals surface area contributed by atoms with Gasteiger partial charge in [0.1, 0.15) is 12.3 Å². The highest BCUT2D eigenvalue weighted by Crippen LogP contribution is 2.23. The van der Waals surface area contributed by atoms with Crippen molar-refractivity contribution in [2.45, 2.75) is 33.8 Å². The first kappa shape index (κ1) is 13.2. The van der Waals surface area contributed by atoms with E-state index in [0.29, 0.717) is 17.9 Å². The number of carbonyl (C=O) groups excluding carboxylic acids is 2. The maximum absolute atomic E-state index is 11.0. The highest BCUT2D eigenvalue weighted by Gasteiger charge is 2.13. The van der Waals surface area contributed by atoms with Crippen molar-refractivity contribution in [3.63, 3.8) is 0 Å². The molecule has 0 spiro atoms. The standard InChI is InChI=1S/C12H15NO4/c1-4-10-5-6-13-11(7-16-8(2)14)12(10)17-9(3)15/h5-6H,4,7H2,1-3H3. The Labute approximate surface area is 99.8 Å². The number of hydrogen-bond acceptors (Lipinski definition) is 5. The van der Waals surface area contributed by atoms with Gasteiger partial charge in [0.15, 0.2) is 5.75 Å². The van der Waals surface area contributed by atoms with E-state index in [-0.39, 0.29) is 6.61 Å². The molecule has 17 heavy (non-hydrogen) atoms. The van der Waals surface area contributed by atoms with Crippen LogP contribution in [-0.2, 0) is 27.4 Å². The fourth-order valence-corrected chi connectivity index (χ4v) is 1.36. The summed E-state index contributed by atoms with van der Waals surface area (Å²) in [6.45, 7) is 4.58. The lowest BCUT2D eigenvalue weighted by molar-refractivity contribution is -0.142. The lowest BCUT2D eigenvalue weighted by Crippen LogP contribution is -2.09. The van der Waals surface area contributed by atoms with E-state index >= 15 is 0 Å². The van der Waals surface area contributed by atoms with Gasteiger partial charge >= 0.3 is 11.9 Å². The number of aryl methyl sites for hydroxylation is 1. The van der Waals surface area contributed by atoms with Crippen LogP contribution in [0.2, 0.25) is 0 Å². The predicted octanol–water partition coefficient (Wildman–Crippen LogP) is 1.63. The molecule has 0 amide bonds. The van der Waals surface area contributed by atoms with Gasteiger partial charge in [-0.25, -0.2) is 0 Å². The van der Waals surface area contributed by atoms with E-state index in [4.69, 9.17) is 9.47 Å². The molecule has 1 rings (SSSR count). The highest BCUT2D eigenvalue weighted by molar-refractivity contribution is 5.70. The van der Waals surface area contributed by atoms with Crippen LogP contribution in [0.25, 0.3) is 0 Å². The Balaban J connectivity index is 3.00. The molecule has 0 fully saturated rings. The molecular formula is C12H15NO4. The second-order valence-corrected chi connectivity index (χ2v) is 3.47. The van der Waals surface area contributed by atoms with Crippen molar-refractivity contribution in [1.82, 2.24) is 4.98 Å². The molecule has 0 aliphatic rings. The van der Waals surface area contributed by atoms with Gasteiger partial charge < -0.3 is 9.47 Å². The second-order valence-electron chi connectivity index (χ2n) is 3.47. The van der Waals surface area contributed by atoms with Crippen molar-refractivity contribution in [2.24, 2.45) is 0 Å². The molecule has 0 aliphatic carbocycles. The minimum atomic E-state index is -0.420. The molecule has 0 N–H and O–H groups in total. The predicted molar refractivity (Wildman–Crippen MR) is 60.4 cm³/mol. The van der Waals surface area contributed by atoms with Gasteiger partial charge in [0.25, 0.3) is 0 Å². The average molecular weight is 237 g/mol. The molecule has 0 saturated heterocycles. The van der Waals surface area contributed by atoms with Crippen molar-refractivity contribution < 1.29 is 19.1 Å². The summed E-state index contributed by atoms with van der Waals surface area (Å²) in [5.74, 6) is -0.428. The highest BCUT2D eigenvalue weighted by atomic mass is 16.5. The van der Waals surface area contributed by atoms with Gasteiger partial charge in [-0.2, -0.15) is 0 Å². The summed E-state index contributed by atoms with van der Waals surface area (Å²) in [6, 6.07) is 1.77. The number of nitrogens with zero attached hydrogens (tertiary/aromatic N) is 1. The summed E-state index contributed by atoms with van der Waals surface area (Å²) in [7, 11) is 0. The maximum Gasteiger partial charge on any atom is 0.308 e. The molecule has 0 unspecified atom stereocenters. The molecule has 0 radical (unpaired) electrons. The van der Waals surface area contributed by atoms with Gasteiger partial charge in [0.05, 0.1) is 0 Å². The number of esters is 2. The summed E-state index contributed by atoms with van der Waals surface area (Å²) >= 11 is 0. The first-order chi connectivity index (χ1) is 8.04. The van der Waals surface area contributed by atoms with Gasteiger partial charge in [-0.15, -0.1) is 0 Å². The van der Waals surface area contributed by atoms with Crippen molar-refractivity contribution in [3.05, 3.63) is 23.5 Å². The van der Waals surface area contributed by atoms with Crippen molar-refractivity contribution in [1.29, 1.82) is 0 Å². The lowest BCUT2D eigenvalue weighted by Gasteiger charge is -2.11. The summed E-state index contributed by atoms with van der Waals surface area (Å²) in [5.41, 5.74) is 1.31. The molecule has 0 atom stereocenters. The Morgan fingerprint density at radius 1 is 1.29 bits per heavy atom. The Hall–Kier alpha value is -1.91. The summed E-state index contributed by atoms with van der Waals surface area (Å²) < 4.78 is 9.96. The number of carbonyl (C=O) groups is 2. The molecule has 0 aromatic carbocycles. The summed E-state index contributed by atoms with van der Waals surface area (Å²) in [4.78, 5) is 25.8. The zero-order valence-corrected chi connectivity index (χ0v) is 10.1. The molecule has 1 heterocycles. The number of hydrogen-bond donors (Lipinski definition) is 0. The van der Waals surface area contributed by atoms with Gasteiger partial charge in [-0.3, -0.25) is 14.6 Å². The quantitative estimate of drug-likeness (QED) is 0.745. The largest absolute Gasteiger partial charge is 0.459 e. The number of rotatable bonds is 4. The minimum Gasteiger partial charge on any atom is -0.459 e. The lowest BCUT2D eigenvalue weighted by atomic mass is 10.1. The zero-order chi connectivity index (χ0) is 12.8. The molecular weight excluding hydrogens is 222 g/mol. The molecule has 1 aromatic rings. The van der Waals surface area contributed by atoms with Crippen LogP contribution in [0.15, 0.2) is 12.3 Å². The van der Waals surface area contributed by atoms with Crippen LogP contribution in [0.4, 0.5) is 0 Å². The van der Waals surface area contributed by atoms with Crippen LogP contribution in [-0.4, -0.2) is 16.9 Å². The first-order valence-corrected chi connectivity index (χ1v) is 5.33. The van der Waals surface area contributed by atoms with Crippen LogP contribution in [0.3, 0.4) is 0 Å². The van der Waals surface area contributed by atoms with Crippen molar-refractivity contribution in [2.75, 3.05) is 0 Å². The van der Waals surface area contributed by atoms with E-state index in [0.717, 1.165) is 5.56 Å². The molecule has 0 saturated carbocycles. The SMILES string of the molecule is CCc1ccnc(COC(C)=O)c1OC(C)=O. The third-order valence-electron chi connectivity index (χ3n) is 2.10. The van der Waals surface area contributed by atoms with E-state index in [1.165, 1.54) is 13.8 Å². The minimum absolute atomic E-state index is 0.00574. The van der Waals surface area contributed by atoms with Gasteiger partial charge in [0.2, 0.25) is 0 Å². The van der Waals surface area contributed by atoms with Crippen LogP contribution in [0.5, 0.6) is 5.75 Å². The third-order valence-corrected chi connectivity index (χ3v) is 2.10. The molecule has 5 nitrogen and oxygen atoms in total. The van der Waals surface area contributed by atoms with Crippen molar-refractivity contribution in [3.8, 4) is 5.75 Å². The molecule has 0 aliphatic heterocycles. The van der Waals surface area contributed by atoms with E-state index in [2.05, 4.69) is 4.98 Å². The number of pyridine rings is 1. The van der Waals surface area contributed by atoms with E-state index in [1.807, 2.05) is 6.92 Å². The fourth-order valence-electron chi connectivity index (χ4n) is 1.36. The molecule has 92 valence electrons. The van der Waals surface area contributed by atoms with Crippen LogP contribution in [0.1, 0.15) is 32.0 Å². The van der Waals surface area contributed by atoms with E-state index in [9.17, 15) is 9.59 Å². The van der Waals surface area contributed by atoms with Gasteiger partial charge in [-0.05, 0) is 18.1 Å². The molecule has 0 bridgehead atoms. The maximum atomic E-state index is 11.0. The Morgan fingerprint density at radius 2 is 2.00 bits per heavy atom. The zero-order valence-electron chi connectivity index (χ0n) is 10.1. The molecule has 5 heteroatoms. The van der Waals surface area contributed by atoms with Gasteiger partial charge in [0, 0.05) is 20.0 Å². The van der Waals surface area contributed by atoms with E-state index < -0.39 is 11.9 Å². The smallest absolute Gasteiger partial charge is 0.308 e. The Morgan fingerprint density at radius 3 is 2.53 bits per heavy atom. The second kappa shape index (κ2) is 5.98. The third kappa shape index (κ3) is 3.86. The summed E-state index contributed by atoms with van der Waals surface area (Å²) in [6.07, 6.45) is 2.31. The Bertz CT molecular complexity index is 429. The van der Waals surface area contributed by atoms with Crippen LogP contribution >= 0.6 is 0 Å². The normalized spacial score (nSPS) is 9.82. The number of ether oxygens (including phenoxy) is 2. The average Bonchev–Trinajstić information content (AvgIpc) is 2.26. The fraction of sp³-hybridized carbons (Fsp3) is 0.417. The van der Waals surface area contributed by atoms with E-state index in [1.54, 1.807) is 12.3 Å². The topological polar surface area (TPSA) is 65.5 Å². The van der Waals surface area contributed by atoms with Crippen molar-refractivity contribution >= 4 is 11.9 Å². The van der Waals surface area contributed by atoms with Crippen LogP contribution < -0.4 is 4.74 Å². The Kier molecular flexibility index (Phi) is 4.63. The van der Waals surface area contributed by atoms with Crippen LogP contribution in [0, 0.1) is 0 Å². The summed E-state index contributed by atoms with van der Waals surface area (Å²) in [5, 5.41) is 0. The number of aromatic nitrogens is 1. The molecule has 1 aromatic heterocycles. The first-order valence-electron chi connectivity index (χ1n) is 5.33. The van der Waals surface area contributed by atoms with Gasteiger partial charge in [-0.1, -0.05) is 6.92 Å².